The quantitative estimate of drug-likeness (QED) is 0.396. The molecule has 0 amide bonds. The third-order valence-corrected chi connectivity index (χ3v) is 6.63. The zero-order valence-corrected chi connectivity index (χ0v) is 19.7. The van der Waals surface area contributed by atoms with Gasteiger partial charge in [-0.15, -0.1) is 0 Å². The zero-order valence-electron chi connectivity index (χ0n) is 19.7. The monoisotopic (exact) mass is 451 g/mol. The molecule has 0 radical (unpaired) electrons. The van der Waals surface area contributed by atoms with Gasteiger partial charge >= 0.3 is 11.9 Å². The van der Waals surface area contributed by atoms with Crippen molar-refractivity contribution in [1.82, 2.24) is 5.32 Å². The summed E-state index contributed by atoms with van der Waals surface area (Å²) in [6.45, 7) is 1.58. The van der Waals surface area contributed by atoms with Gasteiger partial charge in [-0.25, -0.2) is 4.79 Å². The molecule has 2 saturated carbocycles. The Morgan fingerprint density at radius 1 is 0.848 bits per heavy atom. The number of nitrogens with one attached hydrogen (secondary N) is 1. The molecule has 0 aliphatic heterocycles. The predicted octanol–water partition coefficient (Wildman–Crippen LogP) is 6.34. The van der Waals surface area contributed by atoms with E-state index in [0.29, 0.717) is 16.9 Å². The minimum Gasteiger partial charge on any atom is -0.481 e. The predicted molar refractivity (Wildman–Crippen MR) is 131 cm³/mol. The number of hydrogen-bond donors (Lipinski definition) is 2. The van der Waals surface area contributed by atoms with Crippen molar-refractivity contribution in [3.05, 3.63) is 65.7 Å². The molecular weight excluding hydrogens is 414 g/mol. The summed E-state index contributed by atoms with van der Waals surface area (Å²) >= 11 is 0. The molecule has 0 heterocycles. The van der Waals surface area contributed by atoms with E-state index < -0.39 is 17.9 Å². The highest BCUT2D eigenvalue weighted by atomic mass is 16.5. The first-order chi connectivity index (χ1) is 16.0. The third-order valence-electron chi connectivity index (χ3n) is 6.63. The van der Waals surface area contributed by atoms with Crippen LogP contribution in [0.3, 0.4) is 0 Å². The minimum atomic E-state index is -0.920. The van der Waals surface area contributed by atoms with E-state index in [4.69, 9.17) is 9.84 Å². The summed E-state index contributed by atoms with van der Waals surface area (Å²) in [5.41, 5.74) is 1.04. The molecule has 2 aromatic rings. The molecule has 4 rings (SSSR count). The Morgan fingerprint density at radius 3 is 1.97 bits per heavy atom. The van der Waals surface area contributed by atoms with Gasteiger partial charge in [-0.05, 0) is 62.4 Å². The second-order valence-electron chi connectivity index (χ2n) is 9.22. The van der Waals surface area contributed by atoms with Gasteiger partial charge in [0.2, 0.25) is 0 Å². The number of aliphatic carboxylic acids is 1. The van der Waals surface area contributed by atoms with E-state index in [0.717, 1.165) is 12.1 Å². The van der Waals surface area contributed by atoms with Crippen LogP contribution >= 0.6 is 0 Å². The molecule has 1 atom stereocenters. The lowest BCUT2D eigenvalue weighted by molar-refractivity contribution is -0.138. The summed E-state index contributed by atoms with van der Waals surface area (Å²) in [5.74, 6) is -1.70. The molecule has 2 aromatic carbocycles. The summed E-state index contributed by atoms with van der Waals surface area (Å²) in [7, 11) is 0. The fraction of sp³-hybridized carbons (Fsp3) is 0.500. The van der Waals surface area contributed by atoms with Gasteiger partial charge < -0.3 is 15.2 Å². The van der Waals surface area contributed by atoms with Crippen molar-refractivity contribution in [3.8, 4) is 5.75 Å². The second kappa shape index (κ2) is 13.1. The first kappa shape index (κ1) is 25.0. The van der Waals surface area contributed by atoms with Crippen LogP contribution in [0.15, 0.2) is 54.6 Å². The molecule has 0 spiro atoms. The molecule has 5 heteroatoms. The molecular formula is C28H37NO4. The zero-order chi connectivity index (χ0) is 23.5. The Kier molecular flexibility index (Phi) is 9.95. The Labute approximate surface area is 197 Å². The average molecular weight is 452 g/mol. The number of rotatable bonds is 6. The number of hydrogen-bond acceptors (Lipinski definition) is 4. The Bertz CT molecular complexity index is 854. The van der Waals surface area contributed by atoms with Crippen molar-refractivity contribution in [2.24, 2.45) is 0 Å². The third kappa shape index (κ3) is 8.32. The van der Waals surface area contributed by atoms with Gasteiger partial charge in [0.1, 0.15) is 5.75 Å². The summed E-state index contributed by atoms with van der Waals surface area (Å²) in [5, 5.41) is 12.8. The maximum absolute atomic E-state index is 11.9. The van der Waals surface area contributed by atoms with Gasteiger partial charge in [0.15, 0.2) is 0 Å². The van der Waals surface area contributed by atoms with Gasteiger partial charge in [0.05, 0.1) is 11.5 Å². The van der Waals surface area contributed by atoms with Gasteiger partial charge in [-0.1, -0.05) is 68.9 Å². The van der Waals surface area contributed by atoms with E-state index in [2.05, 4.69) is 5.32 Å². The van der Waals surface area contributed by atoms with E-state index in [1.165, 1.54) is 64.2 Å². The average Bonchev–Trinajstić information content (AvgIpc) is 2.86. The highest BCUT2D eigenvalue weighted by Crippen LogP contribution is 2.23. The van der Waals surface area contributed by atoms with Crippen LogP contribution in [-0.2, 0) is 4.79 Å². The number of carbonyl (C=O) groups excluding carboxylic acids is 1. The van der Waals surface area contributed by atoms with Crippen LogP contribution in [0.1, 0.15) is 93.0 Å². The highest BCUT2D eigenvalue weighted by molar-refractivity contribution is 5.91. The van der Waals surface area contributed by atoms with Crippen molar-refractivity contribution in [2.75, 3.05) is 0 Å². The molecule has 0 aromatic heterocycles. The van der Waals surface area contributed by atoms with E-state index in [-0.39, 0.29) is 0 Å². The van der Waals surface area contributed by atoms with E-state index in [1.54, 1.807) is 55.5 Å². The standard InChI is InChI=1S/C16H14O4.C12H23N/c1-11(15(17)18)13-8-5-9-14(10-13)20-16(19)12-6-3-2-4-7-12;1-3-7-11(8-4-1)13-12-9-5-2-6-10-12/h2-11H,1H3,(H,17,18);11-13H,1-10H2. The molecule has 2 fully saturated rings. The van der Waals surface area contributed by atoms with Crippen molar-refractivity contribution in [1.29, 1.82) is 0 Å². The number of carbonyl (C=O) groups is 2. The molecule has 33 heavy (non-hydrogen) atoms. The molecule has 178 valence electrons. The lowest BCUT2D eigenvalue weighted by atomic mass is 9.91. The van der Waals surface area contributed by atoms with E-state index in [9.17, 15) is 9.59 Å². The Morgan fingerprint density at radius 2 is 1.42 bits per heavy atom. The number of ether oxygens (including phenoxy) is 1. The fourth-order valence-corrected chi connectivity index (χ4v) is 4.60. The van der Waals surface area contributed by atoms with Crippen LogP contribution < -0.4 is 10.1 Å². The van der Waals surface area contributed by atoms with Crippen LogP contribution in [0.25, 0.3) is 0 Å². The number of carboxylic acids is 1. The van der Waals surface area contributed by atoms with Gasteiger partial charge in [-0.3, -0.25) is 4.79 Å². The normalized spacial score (nSPS) is 18.0. The smallest absolute Gasteiger partial charge is 0.343 e. The van der Waals surface area contributed by atoms with Crippen LogP contribution in [0.4, 0.5) is 0 Å². The number of carboxylic acid groups (broad SMARTS) is 1. The van der Waals surface area contributed by atoms with Crippen LogP contribution in [-0.4, -0.2) is 29.1 Å². The van der Waals surface area contributed by atoms with Gasteiger partial charge in [-0.2, -0.15) is 0 Å². The largest absolute Gasteiger partial charge is 0.481 e. The highest BCUT2D eigenvalue weighted by Gasteiger charge is 2.19. The maximum atomic E-state index is 11.9. The fourth-order valence-electron chi connectivity index (χ4n) is 4.60. The van der Waals surface area contributed by atoms with Crippen molar-refractivity contribution < 1.29 is 19.4 Å². The molecule has 2 aliphatic rings. The number of esters is 1. The van der Waals surface area contributed by atoms with Crippen LogP contribution in [0, 0.1) is 0 Å². The van der Waals surface area contributed by atoms with Crippen molar-refractivity contribution >= 4 is 11.9 Å². The van der Waals surface area contributed by atoms with Crippen LogP contribution in [0.5, 0.6) is 5.75 Å². The second-order valence-corrected chi connectivity index (χ2v) is 9.22. The van der Waals surface area contributed by atoms with E-state index in [1.807, 2.05) is 6.07 Å². The summed E-state index contributed by atoms with van der Waals surface area (Å²) in [4.78, 5) is 22.8. The molecule has 2 aliphatic carbocycles. The molecule has 1 unspecified atom stereocenters. The number of benzene rings is 2. The SMILES string of the molecule is C1CCC(NC2CCCCC2)CC1.CC(C(=O)O)c1cccc(OC(=O)c2ccccc2)c1. The molecule has 5 nitrogen and oxygen atoms in total. The summed E-state index contributed by atoms with van der Waals surface area (Å²) in [6, 6.07) is 16.9. The Balaban J connectivity index is 0.000000203. The minimum absolute atomic E-state index is 0.337. The van der Waals surface area contributed by atoms with Crippen molar-refractivity contribution in [3.63, 3.8) is 0 Å². The molecule has 0 saturated heterocycles. The topological polar surface area (TPSA) is 75.6 Å². The molecule has 2 N–H and O–H groups in total. The Hall–Kier alpha value is -2.66. The first-order valence-corrected chi connectivity index (χ1v) is 12.4. The maximum Gasteiger partial charge on any atom is 0.343 e. The summed E-state index contributed by atoms with van der Waals surface area (Å²) in [6.07, 6.45) is 14.6. The van der Waals surface area contributed by atoms with Gasteiger partial charge in [0.25, 0.3) is 0 Å². The molecule has 0 bridgehead atoms. The van der Waals surface area contributed by atoms with E-state index >= 15 is 0 Å². The lowest BCUT2D eigenvalue weighted by Gasteiger charge is -2.30. The summed E-state index contributed by atoms with van der Waals surface area (Å²) < 4.78 is 5.24. The van der Waals surface area contributed by atoms with Crippen molar-refractivity contribution in [2.45, 2.75) is 89.1 Å². The van der Waals surface area contributed by atoms with Gasteiger partial charge in [0, 0.05) is 12.1 Å². The lowest BCUT2D eigenvalue weighted by Crippen LogP contribution is -2.40. The first-order valence-electron chi connectivity index (χ1n) is 12.4. The van der Waals surface area contributed by atoms with Crippen LogP contribution in [0.2, 0.25) is 0 Å².